The quantitative estimate of drug-likeness (QED) is 0.765. The average molecular weight is 221 g/mol. The van der Waals surface area contributed by atoms with Crippen molar-refractivity contribution in [2.45, 2.75) is 6.04 Å². The topological polar surface area (TPSA) is 75.6 Å². The molecule has 0 aliphatic carbocycles. The molecular formula is C11H11NO4. The van der Waals surface area contributed by atoms with Gasteiger partial charge in [-0.2, -0.15) is 0 Å². The lowest BCUT2D eigenvalue weighted by Crippen LogP contribution is -2.39. The lowest BCUT2D eigenvalue weighted by atomic mass is 10.0. The smallest absolute Gasteiger partial charge is 0.335 e. The third-order valence-corrected chi connectivity index (χ3v) is 2.39. The summed E-state index contributed by atoms with van der Waals surface area (Å²) in [6.45, 7) is 0.434. The van der Waals surface area contributed by atoms with E-state index < -0.39 is 5.97 Å². The lowest BCUT2D eigenvalue weighted by Gasteiger charge is -2.23. The highest BCUT2D eigenvalue weighted by Gasteiger charge is 2.20. The minimum atomic E-state index is -0.982. The Kier molecular flexibility index (Phi) is 2.87. The second kappa shape index (κ2) is 4.32. The molecule has 1 heterocycles. The minimum absolute atomic E-state index is 0.0646. The van der Waals surface area contributed by atoms with Gasteiger partial charge in [0.05, 0.1) is 18.2 Å². The Morgan fingerprint density at radius 1 is 1.50 bits per heavy atom. The molecule has 1 aromatic rings. The van der Waals surface area contributed by atoms with E-state index in [1.54, 1.807) is 18.2 Å². The van der Waals surface area contributed by atoms with Gasteiger partial charge in [-0.05, 0) is 17.7 Å². The molecule has 1 saturated heterocycles. The van der Waals surface area contributed by atoms with Crippen molar-refractivity contribution >= 4 is 11.9 Å². The highest BCUT2D eigenvalue weighted by atomic mass is 16.5. The summed E-state index contributed by atoms with van der Waals surface area (Å²) in [5.41, 5.74) is 0.949. The maximum absolute atomic E-state index is 11.1. The van der Waals surface area contributed by atoms with Gasteiger partial charge in [0.2, 0.25) is 5.91 Å². The molecule has 1 amide bonds. The Balaban J connectivity index is 2.22. The Bertz CT molecular complexity index is 430. The van der Waals surface area contributed by atoms with Gasteiger partial charge in [-0.25, -0.2) is 4.79 Å². The zero-order chi connectivity index (χ0) is 11.5. The van der Waals surface area contributed by atoms with Crippen LogP contribution in [0.5, 0.6) is 0 Å². The van der Waals surface area contributed by atoms with E-state index in [2.05, 4.69) is 5.32 Å². The number of morpholine rings is 1. The van der Waals surface area contributed by atoms with Crippen LogP contribution >= 0.6 is 0 Å². The summed E-state index contributed by atoms with van der Waals surface area (Å²) < 4.78 is 5.09. The maximum atomic E-state index is 11.1. The summed E-state index contributed by atoms with van der Waals surface area (Å²) in [4.78, 5) is 21.9. The highest BCUT2D eigenvalue weighted by Crippen LogP contribution is 2.17. The van der Waals surface area contributed by atoms with Gasteiger partial charge in [0.25, 0.3) is 0 Å². The predicted octanol–water partition coefficient (Wildman–Crippen LogP) is 0.572. The number of rotatable bonds is 2. The van der Waals surface area contributed by atoms with E-state index in [0.717, 1.165) is 5.56 Å². The number of amides is 1. The van der Waals surface area contributed by atoms with Crippen molar-refractivity contribution in [3.8, 4) is 0 Å². The van der Waals surface area contributed by atoms with Crippen LogP contribution in [0.25, 0.3) is 0 Å². The lowest BCUT2D eigenvalue weighted by molar-refractivity contribution is -0.131. The molecule has 1 aliphatic rings. The summed E-state index contributed by atoms with van der Waals surface area (Å²) in [6.07, 6.45) is 0. The van der Waals surface area contributed by atoms with E-state index in [-0.39, 0.29) is 24.1 Å². The van der Waals surface area contributed by atoms with E-state index in [0.29, 0.717) is 6.61 Å². The second-order valence-corrected chi connectivity index (χ2v) is 3.57. The molecular weight excluding hydrogens is 210 g/mol. The van der Waals surface area contributed by atoms with Gasteiger partial charge in [0.15, 0.2) is 0 Å². The summed E-state index contributed by atoms with van der Waals surface area (Å²) in [5, 5.41) is 11.6. The first-order valence-corrected chi connectivity index (χ1v) is 4.87. The normalized spacial score (nSPS) is 20.2. The first-order chi connectivity index (χ1) is 7.66. The van der Waals surface area contributed by atoms with Crippen LogP contribution in [-0.2, 0) is 9.53 Å². The van der Waals surface area contributed by atoms with Crippen LogP contribution in [0.4, 0.5) is 0 Å². The number of carboxylic acids is 1. The van der Waals surface area contributed by atoms with Gasteiger partial charge >= 0.3 is 5.97 Å². The van der Waals surface area contributed by atoms with Gasteiger partial charge in [-0.1, -0.05) is 12.1 Å². The molecule has 5 heteroatoms. The Morgan fingerprint density at radius 2 is 2.31 bits per heavy atom. The van der Waals surface area contributed by atoms with E-state index >= 15 is 0 Å². The molecule has 1 atom stereocenters. The molecule has 1 fully saturated rings. The average Bonchev–Trinajstić information content (AvgIpc) is 2.29. The van der Waals surface area contributed by atoms with Crippen molar-refractivity contribution in [1.29, 1.82) is 0 Å². The SMILES string of the molecule is O=C1COCC(c2cccc(C(=O)O)c2)N1. The van der Waals surface area contributed by atoms with E-state index in [4.69, 9.17) is 9.84 Å². The fraction of sp³-hybridized carbons (Fsp3) is 0.273. The predicted molar refractivity (Wildman–Crippen MR) is 55.1 cm³/mol. The molecule has 0 bridgehead atoms. The number of carbonyl (C=O) groups is 2. The van der Waals surface area contributed by atoms with E-state index in [1.807, 2.05) is 0 Å². The maximum Gasteiger partial charge on any atom is 0.335 e. The molecule has 16 heavy (non-hydrogen) atoms. The number of carbonyl (C=O) groups excluding carboxylic acids is 1. The van der Waals surface area contributed by atoms with Gasteiger partial charge in [0.1, 0.15) is 6.61 Å². The molecule has 0 radical (unpaired) electrons. The Morgan fingerprint density at radius 3 is 3.00 bits per heavy atom. The molecule has 1 unspecified atom stereocenters. The number of benzene rings is 1. The zero-order valence-electron chi connectivity index (χ0n) is 8.47. The number of carboxylic acid groups (broad SMARTS) is 1. The number of hydrogen-bond acceptors (Lipinski definition) is 3. The van der Waals surface area contributed by atoms with Crippen LogP contribution in [0.1, 0.15) is 22.0 Å². The molecule has 0 saturated carbocycles. The molecule has 5 nitrogen and oxygen atoms in total. The van der Waals surface area contributed by atoms with Crippen molar-refractivity contribution in [3.05, 3.63) is 35.4 Å². The third kappa shape index (κ3) is 2.20. The fourth-order valence-electron chi connectivity index (χ4n) is 1.62. The molecule has 1 aromatic carbocycles. The summed E-state index contributed by atoms with van der Waals surface area (Å²) in [5.74, 6) is -1.16. The largest absolute Gasteiger partial charge is 0.478 e. The summed E-state index contributed by atoms with van der Waals surface area (Å²) in [6, 6.07) is 6.21. The summed E-state index contributed by atoms with van der Waals surface area (Å²) >= 11 is 0. The van der Waals surface area contributed by atoms with Crippen molar-refractivity contribution < 1.29 is 19.4 Å². The number of nitrogens with one attached hydrogen (secondary N) is 1. The fourth-order valence-corrected chi connectivity index (χ4v) is 1.62. The van der Waals surface area contributed by atoms with Gasteiger partial charge < -0.3 is 15.2 Å². The summed E-state index contributed by atoms with van der Waals surface area (Å²) in [7, 11) is 0. The standard InChI is InChI=1S/C11H11NO4/c13-10-6-16-5-9(12-10)7-2-1-3-8(4-7)11(14)15/h1-4,9H,5-6H2,(H,12,13)(H,14,15). The van der Waals surface area contributed by atoms with Crippen LogP contribution in [0.3, 0.4) is 0 Å². The molecule has 0 aromatic heterocycles. The molecule has 1 aliphatic heterocycles. The monoisotopic (exact) mass is 221 g/mol. The van der Waals surface area contributed by atoms with Gasteiger partial charge in [-0.3, -0.25) is 4.79 Å². The second-order valence-electron chi connectivity index (χ2n) is 3.57. The molecule has 0 spiro atoms. The Labute approximate surface area is 92.0 Å². The zero-order valence-corrected chi connectivity index (χ0v) is 8.47. The first kappa shape index (κ1) is 10.6. The molecule has 84 valence electrons. The van der Waals surface area contributed by atoms with Crippen molar-refractivity contribution in [3.63, 3.8) is 0 Å². The van der Waals surface area contributed by atoms with Crippen molar-refractivity contribution in [2.75, 3.05) is 13.2 Å². The van der Waals surface area contributed by atoms with Gasteiger partial charge in [-0.15, -0.1) is 0 Å². The first-order valence-electron chi connectivity index (χ1n) is 4.87. The minimum Gasteiger partial charge on any atom is -0.478 e. The number of aromatic carboxylic acids is 1. The van der Waals surface area contributed by atoms with Crippen molar-refractivity contribution in [1.82, 2.24) is 5.32 Å². The Hall–Kier alpha value is -1.88. The molecule has 2 N–H and O–H groups in total. The number of ether oxygens (including phenoxy) is 1. The molecule has 2 rings (SSSR count). The van der Waals surface area contributed by atoms with Crippen LogP contribution in [0.2, 0.25) is 0 Å². The third-order valence-electron chi connectivity index (χ3n) is 2.39. The number of hydrogen-bond donors (Lipinski definition) is 2. The van der Waals surface area contributed by atoms with E-state index in [9.17, 15) is 9.59 Å². The van der Waals surface area contributed by atoms with Crippen LogP contribution in [0.15, 0.2) is 24.3 Å². The van der Waals surface area contributed by atoms with Gasteiger partial charge in [0, 0.05) is 0 Å². The van der Waals surface area contributed by atoms with Crippen molar-refractivity contribution in [2.24, 2.45) is 0 Å². The van der Waals surface area contributed by atoms with Crippen LogP contribution in [0, 0.1) is 0 Å². The van der Waals surface area contributed by atoms with E-state index in [1.165, 1.54) is 6.07 Å². The van der Waals surface area contributed by atoms with Crippen LogP contribution < -0.4 is 5.32 Å². The van der Waals surface area contributed by atoms with Crippen LogP contribution in [-0.4, -0.2) is 30.2 Å². The highest BCUT2D eigenvalue weighted by molar-refractivity contribution is 5.87.